The van der Waals surface area contributed by atoms with Gasteiger partial charge in [0.15, 0.2) is 5.16 Å². The summed E-state index contributed by atoms with van der Waals surface area (Å²) in [4.78, 5) is 25.6. The molecule has 0 unspecified atom stereocenters. The lowest BCUT2D eigenvalue weighted by atomic mass is 10.1. The zero-order chi connectivity index (χ0) is 22.0. The third kappa shape index (κ3) is 3.95. The van der Waals surface area contributed by atoms with E-state index in [1.807, 2.05) is 60.7 Å². The van der Waals surface area contributed by atoms with Crippen LogP contribution in [0.25, 0.3) is 16.7 Å². The summed E-state index contributed by atoms with van der Waals surface area (Å²) in [6.07, 6.45) is 1.65. The largest absolute Gasteiger partial charge is 0.325 e. The van der Waals surface area contributed by atoms with Crippen molar-refractivity contribution in [1.82, 2.24) is 19.2 Å². The number of hydrogen-bond acceptors (Lipinski definition) is 5. The van der Waals surface area contributed by atoms with Gasteiger partial charge in [-0.15, -0.1) is 10.2 Å². The number of aromatic nitrogens is 4. The molecule has 0 saturated carbocycles. The van der Waals surface area contributed by atoms with E-state index >= 15 is 0 Å². The Bertz CT molecular complexity index is 1330. The number of nitrogens with one attached hydrogen (secondary N) is 1. The summed E-state index contributed by atoms with van der Waals surface area (Å²) in [5, 5.41) is 12.8. The molecule has 1 amide bonds. The van der Waals surface area contributed by atoms with Crippen LogP contribution in [0.15, 0.2) is 52.4 Å². The second kappa shape index (κ2) is 8.93. The van der Waals surface area contributed by atoms with Crippen molar-refractivity contribution in [3.63, 3.8) is 0 Å². The predicted molar refractivity (Wildman–Crippen MR) is 125 cm³/mol. The maximum atomic E-state index is 12.9. The Kier molecular flexibility index (Phi) is 6.08. The summed E-state index contributed by atoms with van der Waals surface area (Å²) in [5.41, 5.74) is 3.71. The van der Waals surface area contributed by atoms with E-state index in [4.69, 9.17) is 0 Å². The Hall–Kier alpha value is -3.13. The van der Waals surface area contributed by atoms with E-state index < -0.39 is 0 Å². The van der Waals surface area contributed by atoms with Crippen molar-refractivity contribution in [1.29, 1.82) is 0 Å². The van der Waals surface area contributed by atoms with Crippen LogP contribution in [0.3, 0.4) is 0 Å². The van der Waals surface area contributed by atoms with Gasteiger partial charge in [0.05, 0.1) is 16.7 Å². The molecule has 2 heterocycles. The molecule has 0 spiro atoms. The molecule has 0 saturated heterocycles. The van der Waals surface area contributed by atoms with Crippen molar-refractivity contribution in [3.05, 3.63) is 63.9 Å². The van der Waals surface area contributed by atoms with Gasteiger partial charge in [0.25, 0.3) is 5.56 Å². The van der Waals surface area contributed by atoms with E-state index in [1.165, 1.54) is 11.8 Å². The summed E-state index contributed by atoms with van der Waals surface area (Å²) in [6, 6.07) is 13.5. The summed E-state index contributed by atoms with van der Waals surface area (Å²) in [7, 11) is 0. The molecule has 4 aromatic rings. The van der Waals surface area contributed by atoms with Crippen LogP contribution in [0.2, 0.25) is 0 Å². The smallest absolute Gasteiger partial charge is 0.262 e. The summed E-state index contributed by atoms with van der Waals surface area (Å²) < 4.78 is 3.52. The molecule has 0 atom stereocenters. The molecule has 0 fully saturated rings. The highest BCUT2D eigenvalue weighted by atomic mass is 32.2. The first-order valence-electron chi connectivity index (χ1n) is 10.4. The average Bonchev–Trinajstić information content (AvgIpc) is 3.20. The van der Waals surface area contributed by atoms with E-state index in [0.29, 0.717) is 22.9 Å². The first-order chi connectivity index (χ1) is 15.0. The maximum absolute atomic E-state index is 12.9. The number of para-hydroxylation sites is 2. The first kappa shape index (κ1) is 21.1. The number of nitrogens with zero attached hydrogens (tertiary/aromatic N) is 4. The monoisotopic (exact) mass is 435 g/mol. The highest BCUT2D eigenvalue weighted by molar-refractivity contribution is 7.99. The van der Waals surface area contributed by atoms with Crippen molar-refractivity contribution in [2.75, 3.05) is 11.1 Å². The van der Waals surface area contributed by atoms with Crippen molar-refractivity contribution >= 4 is 40.0 Å². The van der Waals surface area contributed by atoms with Gasteiger partial charge in [-0.05, 0) is 43.0 Å². The van der Waals surface area contributed by atoms with Crippen LogP contribution < -0.4 is 10.9 Å². The average molecular weight is 436 g/mol. The van der Waals surface area contributed by atoms with Crippen molar-refractivity contribution in [2.45, 2.75) is 45.3 Å². The quantitative estimate of drug-likeness (QED) is 0.443. The van der Waals surface area contributed by atoms with Gasteiger partial charge < -0.3 is 5.32 Å². The van der Waals surface area contributed by atoms with Crippen LogP contribution in [0.5, 0.6) is 0 Å². The predicted octanol–water partition coefficient (Wildman–Crippen LogP) is 4.06. The van der Waals surface area contributed by atoms with Crippen LogP contribution in [0, 0.1) is 6.92 Å². The lowest BCUT2D eigenvalue weighted by Gasteiger charge is -2.13. The molecular formula is C23H25N5O2S. The summed E-state index contributed by atoms with van der Waals surface area (Å²) >= 11 is 1.31. The third-order valence-electron chi connectivity index (χ3n) is 5.26. The molecular weight excluding hydrogens is 410 g/mol. The second-order valence-corrected chi connectivity index (χ2v) is 8.33. The molecule has 0 aliphatic carbocycles. The van der Waals surface area contributed by atoms with Crippen LogP contribution in [0.4, 0.5) is 5.69 Å². The number of benzene rings is 2. The molecule has 8 heteroatoms. The van der Waals surface area contributed by atoms with Crippen molar-refractivity contribution < 1.29 is 4.79 Å². The fourth-order valence-electron chi connectivity index (χ4n) is 3.76. The topological polar surface area (TPSA) is 81.3 Å². The Labute approximate surface area is 184 Å². The molecule has 2 aromatic heterocycles. The maximum Gasteiger partial charge on any atom is 0.262 e. The summed E-state index contributed by atoms with van der Waals surface area (Å²) in [6.45, 7) is 6.64. The molecule has 0 aliphatic heterocycles. The second-order valence-electron chi connectivity index (χ2n) is 7.39. The Balaban J connectivity index is 1.66. The van der Waals surface area contributed by atoms with Gasteiger partial charge in [-0.1, -0.05) is 55.9 Å². The van der Waals surface area contributed by atoms with E-state index in [-0.39, 0.29) is 17.2 Å². The van der Waals surface area contributed by atoms with Gasteiger partial charge in [-0.25, -0.2) is 0 Å². The Morgan fingerprint density at radius 3 is 2.68 bits per heavy atom. The number of carbonyl (C=O) groups is 1. The number of thioether (sulfide) groups is 1. The minimum absolute atomic E-state index is 0.0710. The molecule has 0 bridgehead atoms. The minimum Gasteiger partial charge on any atom is -0.325 e. The number of carbonyl (C=O) groups excluding carboxylic acids is 1. The highest BCUT2D eigenvalue weighted by Crippen LogP contribution is 2.24. The number of anilines is 1. The zero-order valence-corrected chi connectivity index (χ0v) is 18.7. The van der Waals surface area contributed by atoms with E-state index in [0.717, 1.165) is 35.2 Å². The highest BCUT2D eigenvalue weighted by Gasteiger charge is 2.17. The minimum atomic E-state index is -0.100. The lowest BCUT2D eigenvalue weighted by Crippen LogP contribution is -2.23. The van der Waals surface area contributed by atoms with Gasteiger partial charge >= 0.3 is 0 Å². The van der Waals surface area contributed by atoms with Crippen LogP contribution in [-0.4, -0.2) is 30.8 Å². The number of fused-ring (bicyclic) bond motifs is 3. The molecule has 160 valence electrons. The number of aryl methyl sites for hydroxylation is 3. The van der Waals surface area contributed by atoms with Gasteiger partial charge in [-0.2, -0.15) is 0 Å². The molecule has 0 radical (unpaired) electrons. The molecule has 0 aliphatic rings. The number of hydrogen-bond donors (Lipinski definition) is 1. The van der Waals surface area contributed by atoms with E-state index in [1.54, 1.807) is 4.57 Å². The van der Waals surface area contributed by atoms with Crippen LogP contribution >= 0.6 is 11.8 Å². The molecule has 31 heavy (non-hydrogen) atoms. The molecule has 4 rings (SSSR count). The number of amides is 1. The summed E-state index contributed by atoms with van der Waals surface area (Å²) in [5.74, 6) is 0.594. The Morgan fingerprint density at radius 2 is 1.90 bits per heavy atom. The molecule has 7 nitrogen and oxygen atoms in total. The van der Waals surface area contributed by atoms with Gasteiger partial charge in [-0.3, -0.25) is 18.6 Å². The van der Waals surface area contributed by atoms with E-state index in [9.17, 15) is 9.59 Å². The standard InChI is InChI=1S/C23H25N5O2S/c1-4-13-27-21(30)17-11-6-7-12-18(17)28-22(27)25-26-23(28)31-14-19(29)24-20-15(3)9-8-10-16(20)5-2/h6-12H,4-5,13-14H2,1-3H3,(H,24,29). The Morgan fingerprint density at radius 1 is 1.10 bits per heavy atom. The van der Waals surface area contributed by atoms with Crippen LogP contribution in [-0.2, 0) is 17.8 Å². The van der Waals surface area contributed by atoms with E-state index in [2.05, 4.69) is 22.4 Å². The SMILES string of the molecule is CCCn1c(=O)c2ccccc2n2c(SCC(=O)Nc3c(C)cccc3CC)nnc12. The van der Waals surface area contributed by atoms with Gasteiger partial charge in [0.2, 0.25) is 11.7 Å². The van der Waals surface area contributed by atoms with Gasteiger partial charge in [0.1, 0.15) is 0 Å². The van der Waals surface area contributed by atoms with Crippen LogP contribution in [0.1, 0.15) is 31.4 Å². The number of rotatable bonds is 7. The van der Waals surface area contributed by atoms with Gasteiger partial charge in [0, 0.05) is 12.2 Å². The zero-order valence-electron chi connectivity index (χ0n) is 17.9. The fraction of sp³-hybridized carbons (Fsp3) is 0.304. The molecule has 1 N–H and O–H groups in total. The normalized spacial score (nSPS) is 11.3. The lowest BCUT2D eigenvalue weighted by molar-refractivity contribution is -0.113. The fourth-order valence-corrected chi connectivity index (χ4v) is 4.50. The van der Waals surface area contributed by atoms with Crippen molar-refractivity contribution in [3.8, 4) is 0 Å². The first-order valence-corrected chi connectivity index (χ1v) is 11.4. The van der Waals surface area contributed by atoms with Crippen molar-refractivity contribution in [2.24, 2.45) is 0 Å². The third-order valence-corrected chi connectivity index (χ3v) is 6.19. The molecule has 2 aromatic carbocycles.